The van der Waals surface area contributed by atoms with Gasteiger partial charge in [0.15, 0.2) is 0 Å². The van der Waals surface area contributed by atoms with Crippen LogP contribution < -0.4 is 10.5 Å². The summed E-state index contributed by atoms with van der Waals surface area (Å²) >= 11 is 1.68. The Kier molecular flexibility index (Phi) is 4.49. The van der Waals surface area contributed by atoms with Crippen LogP contribution in [0.5, 0.6) is 0 Å². The van der Waals surface area contributed by atoms with E-state index in [1.807, 2.05) is 0 Å². The van der Waals surface area contributed by atoms with Gasteiger partial charge < -0.3 is 5.32 Å². The number of rotatable bonds is 4. The van der Waals surface area contributed by atoms with Crippen molar-refractivity contribution < 1.29 is 13.2 Å². The van der Waals surface area contributed by atoms with Crippen LogP contribution in [0.2, 0.25) is 0 Å². The van der Waals surface area contributed by atoms with Crippen LogP contribution in [0.3, 0.4) is 0 Å². The maximum Gasteiger partial charge on any atom is 0.238 e. The van der Waals surface area contributed by atoms with Crippen molar-refractivity contribution in [3.05, 3.63) is 29.8 Å². The van der Waals surface area contributed by atoms with Crippen molar-refractivity contribution in [2.75, 3.05) is 5.75 Å². The highest BCUT2D eigenvalue weighted by Gasteiger charge is 2.22. The number of benzene rings is 1. The Bertz CT molecular complexity index is 549. The van der Waals surface area contributed by atoms with Gasteiger partial charge in [-0.1, -0.05) is 12.1 Å². The van der Waals surface area contributed by atoms with E-state index >= 15 is 0 Å². The lowest BCUT2D eigenvalue weighted by Crippen LogP contribution is -2.30. The highest BCUT2D eigenvalue weighted by Crippen LogP contribution is 2.26. The molecule has 1 aliphatic heterocycles. The fourth-order valence-corrected chi connectivity index (χ4v) is 3.59. The third kappa shape index (κ3) is 3.95. The summed E-state index contributed by atoms with van der Waals surface area (Å²) in [4.78, 5) is 11.9. The maximum absolute atomic E-state index is 11.8. The van der Waals surface area contributed by atoms with Gasteiger partial charge in [-0.05, 0) is 36.3 Å². The summed E-state index contributed by atoms with van der Waals surface area (Å²) in [6.07, 6.45) is 2.02. The van der Waals surface area contributed by atoms with Gasteiger partial charge in [0.05, 0.1) is 10.1 Å². The molecule has 7 heteroatoms. The number of sulfonamides is 1. The molecule has 0 radical (unpaired) electrons. The average molecular weight is 300 g/mol. The quantitative estimate of drug-likeness (QED) is 0.862. The first-order chi connectivity index (χ1) is 8.97. The molecule has 0 aromatic heterocycles. The molecule has 2 rings (SSSR count). The van der Waals surface area contributed by atoms with Crippen LogP contribution in [0.15, 0.2) is 29.2 Å². The molecule has 1 atom stereocenters. The van der Waals surface area contributed by atoms with E-state index in [4.69, 9.17) is 5.14 Å². The Morgan fingerprint density at radius 1 is 1.37 bits per heavy atom. The summed E-state index contributed by atoms with van der Waals surface area (Å²) in [6, 6.07) is 6.20. The Hall–Kier alpha value is -1.05. The monoisotopic (exact) mass is 300 g/mol. The third-order valence-electron chi connectivity index (χ3n) is 2.94. The predicted octanol–water partition coefficient (Wildman–Crippen LogP) is 0.846. The number of primary sulfonamides is 1. The van der Waals surface area contributed by atoms with Gasteiger partial charge in [0.1, 0.15) is 0 Å². The van der Waals surface area contributed by atoms with Crippen LogP contribution >= 0.6 is 11.8 Å². The van der Waals surface area contributed by atoms with Crippen molar-refractivity contribution >= 4 is 27.7 Å². The molecule has 1 fully saturated rings. The number of thioether (sulfide) groups is 1. The maximum atomic E-state index is 11.8. The van der Waals surface area contributed by atoms with Crippen LogP contribution in [-0.4, -0.2) is 25.3 Å². The fourth-order valence-electron chi connectivity index (χ4n) is 1.88. The van der Waals surface area contributed by atoms with Crippen molar-refractivity contribution in [2.45, 2.75) is 29.5 Å². The molecule has 5 nitrogen and oxygen atoms in total. The molecule has 104 valence electrons. The summed E-state index contributed by atoms with van der Waals surface area (Å²) in [5, 5.41) is 7.93. The molecule has 1 saturated heterocycles. The molecule has 1 aromatic rings. The molecule has 0 bridgehead atoms. The van der Waals surface area contributed by atoms with Crippen molar-refractivity contribution in [1.82, 2.24) is 5.32 Å². The van der Waals surface area contributed by atoms with Crippen LogP contribution in [-0.2, 0) is 21.4 Å². The molecular formula is C12H16N2O3S2. The highest BCUT2D eigenvalue weighted by molar-refractivity contribution is 8.00. The predicted molar refractivity (Wildman–Crippen MR) is 75.1 cm³/mol. The van der Waals surface area contributed by atoms with E-state index in [-0.39, 0.29) is 16.1 Å². The SMILES string of the molecule is NS(=O)(=O)c1ccc(CNC(=O)C2CCCS2)cc1. The van der Waals surface area contributed by atoms with E-state index in [1.54, 1.807) is 23.9 Å². The van der Waals surface area contributed by atoms with Gasteiger partial charge in [-0.3, -0.25) is 4.79 Å². The minimum absolute atomic E-state index is 0.0537. The van der Waals surface area contributed by atoms with Gasteiger partial charge in [-0.2, -0.15) is 0 Å². The zero-order valence-corrected chi connectivity index (χ0v) is 12.0. The number of carbonyl (C=O) groups is 1. The first-order valence-electron chi connectivity index (χ1n) is 5.98. The summed E-state index contributed by atoms with van der Waals surface area (Å²) in [5.41, 5.74) is 0.851. The molecule has 19 heavy (non-hydrogen) atoms. The van der Waals surface area contributed by atoms with Gasteiger partial charge in [0.25, 0.3) is 0 Å². The molecule has 0 aliphatic carbocycles. The Morgan fingerprint density at radius 2 is 2.05 bits per heavy atom. The van der Waals surface area contributed by atoms with Crippen molar-refractivity contribution in [3.8, 4) is 0 Å². The molecule has 1 heterocycles. The van der Waals surface area contributed by atoms with Gasteiger partial charge in [-0.15, -0.1) is 11.8 Å². The Balaban J connectivity index is 1.91. The first-order valence-corrected chi connectivity index (χ1v) is 8.57. The molecule has 3 N–H and O–H groups in total. The van der Waals surface area contributed by atoms with Crippen LogP contribution in [0, 0.1) is 0 Å². The van der Waals surface area contributed by atoms with Gasteiger partial charge in [0, 0.05) is 6.54 Å². The molecule has 1 unspecified atom stereocenters. The number of hydrogen-bond acceptors (Lipinski definition) is 4. The minimum Gasteiger partial charge on any atom is -0.351 e. The van der Waals surface area contributed by atoms with Crippen LogP contribution in [0.4, 0.5) is 0 Å². The second kappa shape index (κ2) is 5.94. The van der Waals surface area contributed by atoms with E-state index in [9.17, 15) is 13.2 Å². The molecule has 0 saturated carbocycles. The van der Waals surface area contributed by atoms with Gasteiger partial charge in [-0.25, -0.2) is 13.6 Å². The lowest BCUT2D eigenvalue weighted by Gasteiger charge is -2.10. The summed E-state index contributed by atoms with van der Waals surface area (Å²) in [7, 11) is -3.65. The number of nitrogens with two attached hydrogens (primary N) is 1. The summed E-state index contributed by atoms with van der Waals surface area (Å²) < 4.78 is 22.2. The largest absolute Gasteiger partial charge is 0.351 e. The number of carbonyl (C=O) groups excluding carboxylic acids is 1. The third-order valence-corrected chi connectivity index (χ3v) is 5.25. The molecule has 1 aromatic carbocycles. The lowest BCUT2D eigenvalue weighted by molar-refractivity contribution is -0.120. The van der Waals surface area contributed by atoms with E-state index in [1.165, 1.54) is 12.1 Å². The molecule has 1 aliphatic rings. The van der Waals surface area contributed by atoms with Crippen molar-refractivity contribution in [2.24, 2.45) is 5.14 Å². The first kappa shape index (κ1) is 14.4. The lowest BCUT2D eigenvalue weighted by atomic mass is 10.2. The zero-order chi connectivity index (χ0) is 13.9. The summed E-state index contributed by atoms with van der Waals surface area (Å²) in [6.45, 7) is 0.404. The molecule has 0 spiro atoms. The van der Waals surface area contributed by atoms with Crippen molar-refractivity contribution in [1.29, 1.82) is 0 Å². The number of nitrogens with one attached hydrogen (secondary N) is 1. The van der Waals surface area contributed by atoms with Crippen molar-refractivity contribution in [3.63, 3.8) is 0 Å². The number of hydrogen-bond donors (Lipinski definition) is 2. The highest BCUT2D eigenvalue weighted by atomic mass is 32.2. The molecule has 1 amide bonds. The Morgan fingerprint density at radius 3 is 2.58 bits per heavy atom. The summed E-state index contributed by atoms with van der Waals surface area (Å²) in [5.74, 6) is 1.10. The van der Waals surface area contributed by atoms with Gasteiger partial charge in [0.2, 0.25) is 15.9 Å². The van der Waals surface area contributed by atoms with Crippen LogP contribution in [0.25, 0.3) is 0 Å². The van der Waals surface area contributed by atoms with E-state index in [0.717, 1.165) is 24.2 Å². The van der Waals surface area contributed by atoms with E-state index in [0.29, 0.717) is 6.54 Å². The molecular weight excluding hydrogens is 284 g/mol. The standard InChI is InChI=1S/C12H16N2O3S2/c13-19(16,17)10-5-3-9(4-6-10)8-14-12(15)11-2-1-7-18-11/h3-6,11H,1-2,7-8H2,(H,14,15)(H2,13,16,17). The topological polar surface area (TPSA) is 89.3 Å². The van der Waals surface area contributed by atoms with Crippen LogP contribution in [0.1, 0.15) is 18.4 Å². The van der Waals surface area contributed by atoms with Gasteiger partial charge >= 0.3 is 0 Å². The van der Waals surface area contributed by atoms with E-state index < -0.39 is 10.0 Å². The number of amides is 1. The average Bonchev–Trinajstić information content (AvgIpc) is 2.89. The minimum atomic E-state index is -3.65. The smallest absolute Gasteiger partial charge is 0.238 e. The zero-order valence-electron chi connectivity index (χ0n) is 10.3. The fraction of sp³-hybridized carbons (Fsp3) is 0.417. The second-order valence-corrected chi connectivity index (χ2v) is 7.28. The Labute approximate surface area is 117 Å². The normalized spacial score (nSPS) is 19.3. The van der Waals surface area contributed by atoms with E-state index in [2.05, 4.69) is 5.32 Å². The second-order valence-electron chi connectivity index (χ2n) is 4.41.